The molecule has 0 saturated carbocycles. The van der Waals surface area contributed by atoms with Crippen LogP contribution in [-0.2, 0) is 20.7 Å². The van der Waals surface area contributed by atoms with E-state index in [0.29, 0.717) is 37.7 Å². The Morgan fingerprint density at radius 2 is 2.00 bits per heavy atom. The minimum Gasteiger partial charge on any atom is -0.507 e. The number of aliphatic hydroxyl groups is 1. The Labute approximate surface area is 188 Å². The lowest BCUT2D eigenvalue weighted by Crippen LogP contribution is -2.40. The molecule has 1 fully saturated rings. The monoisotopic (exact) mass is 441 g/mol. The van der Waals surface area contributed by atoms with Gasteiger partial charge in [0.1, 0.15) is 17.4 Å². The molecule has 0 aliphatic carbocycles. The number of allylic oxidation sites excluding steroid dienone is 3. The lowest BCUT2D eigenvalue weighted by Gasteiger charge is -2.36. The Bertz CT molecular complexity index is 890. The number of phenols is 1. The van der Waals surface area contributed by atoms with E-state index in [-0.39, 0.29) is 29.4 Å². The first kappa shape index (κ1) is 23.8. The number of carbonyl (C=O) groups is 2. The number of hydrogen-bond donors (Lipinski definition) is 3. The maximum absolute atomic E-state index is 12.9. The number of ether oxygens (including phenoxy) is 2. The van der Waals surface area contributed by atoms with Gasteiger partial charge in [0, 0.05) is 25.1 Å². The lowest BCUT2D eigenvalue weighted by molar-refractivity contribution is -0.115. The Kier molecular flexibility index (Phi) is 8.64. The van der Waals surface area contributed by atoms with Gasteiger partial charge >= 0.3 is 5.97 Å². The maximum Gasteiger partial charge on any atom is 0.342 e. The zero-order chi connectivity index (χ0) is 22.9. The van der Waals surface area contributed by atoms with Crippen molar-refractivity contribution in [2.45, 2.75) is 69.9 Å². The zero-order valence-electron chi connectivity index (χ0n) is 18.3. The molecule has 2 bridgehead atoms. The molecule has 0 unspecified atom stereocenters. The van der Waals surface area contributed by atoms with Crippen LogP contribution in [0.5, 0.6) is 5.75 Å². The number of phenolic OH excluding ortho intramolecular Hbond substituents is 1. The molecule has 2 heterocycles. The third-order valence-electron chi connectivity index (χ3n) is 5.51. The van der Waals surface area contributed by atoms with Crippen LogP contribution in [-0.4, -0.2) is 46.5 Å². The Morgan fingerprint density at radius 1 is 1.19 bits per heavy atom. The number of nitrogens with one attached hydrogen (secondary N) is 1. The van der Waals surface area contributed by atoms with E-state index in [1.165, 1.54) is 18.3 Å². The second-order valence-electron chi connectivity index (χ2n) is 8.13. The summed E-state index contributed by atoms with van der Waals surface area (Å²) in [5.74, 6) is -0.969. The van der Waals surface area contributed by atoms with Gasteiger partial charge in [-0.15, -0.1) is 0 Å². The summed E-state index contributed by atoms with van der Waals surface area (Å²) in [5, 5.41) is 23.2. The number of rotatable bonds is 6. The minimum atomic E-state index is -0.577. The minimum absolute atomic E-state index is 0.133. The van der Waals surface area contributed by atoms with Crippen LogP contribution in [0, 0.1) is 0 Å². The van der Waals surface area contributed by atoms with E-state index in [1.54, 1.807) is 24.3 Å². The molecule has 4 atom stereocenters. The first-order valence-electron chi connectivity index (χ1n) is 11.1. The molecule has 1 aromatic carbocycles. The molecule has 2 aliphatic rings. The number of hydrogen-bond acceptors (Lipinski definition) is 6. The van der Waals surface area contributed by atoms with Crippen LogP contribution in [0.25, 0.3) is 0 Å². The van der Waals surface area contributed by atoms with Gasteiger partial charge in [0.05, 0.1) is 18.3 Å². The van der Waals surface area contributed by atoms with Crippen molar-refractivity contribution in [2.75, 3.05) is 0 Å². The van der Waals surface area contributed by atoms with Crippen LogP contribution >= 0.6 is 0 Å². The van der Waals surface area contributed by atoms with Crippen molar-refractivity contribution < 1.29 is 29.3 Å². The van der Waals surface area contributed by atoms with Crippen molar-refractivity contribution >= 4 is 11.9 Å². The normalized spacial score (nSPS) is 26.2. The van der Waals surface area contributed by atoms with Crippen LogP contribution in [0.3, 0.4) is 0 Å². The summed E-state index contributed by atoms with van der Waals surface area (Å²) in [7, 11) is 0. The summed E-state index contributed by atoms with van der Waals surface area (Å²) in [6.07, 6.45) is 11.7. The smallest absolute Gasteiger partial charge is 0.342 e. The van der Waals surface area contributed by atoms with Crippen molar-refractivity contribution in [1.82, 2.24) is 5.32 Å². The molecule has 0 aromatic heterocycles. The molecule has 7 heteroatoms. The number of aromatic hydroxyl groups is 1. The number of aliphatic hydroxyl groups excluding tert-OH is 1. The predicted octanol–water partition coefficient (Wildman–Crippen LogP) is 3.31. The fourth-order valence-corrected chi connectivity index (χ4v) is 4.07. The van der Waals surface area contributed by atoms with Crippen molar-refractivity contribution in [3.8, 4) is 5.75 Å². The fraction of sp³-hybridized carbons (Fsp3) is 0.440. The summed E-state index contributed by atoms with van der Waals surface area (Å²) in [6.45, 7) is 2.01. The van der Waals surface area contributed by atoms with Crippen LogP contribution in [0.1, 0.15) is 54.9 Å². The third kappa shape index (κ3) is 6.80. The largest absolute Gasteiger partial charge is 0.507 e. The molecular formula is C25H31NO6. The molecule has 1 saturated heterocycles. The summed E-state index contributed by atoms with van der Waals surface area (Å²) in [6, 6.07) is 4.91. The SMILES string of the molecule is CC/C=C\C=C/C(=O)N/C=C\C[C@H]1C[C@H]2C[C@H](O)C[C@H](Cc3cccc(O)c3C(=O)O1)O2. The second kappa shape index (κ2) is 11.6. The quantitative estimate of drug-likeness (QED) is 0.355. The zero-order valence-corrected chi connectivity index (χ0v) is 18.3. The van der Waals surface area contributed by atoms with E-state index in [0.717, 1.165) is 6.42 Å². The second-order valence-corrected chi connectivity index (χ2v) is 8.13. The molecule has 1 amide bonds. The molecule has 3 N–H and O–H groups in total. The van der Waals surface area contributed by atoms with Gasteiger partial charge in [-0.1, -0.05) is 43.4 Å². The highest BCUT2D eigenvalue weighted by molar-refractivity contribution is 5.94. The van der Waals surface area contributed by atoms with Gasteiger partial charge in [0.2, 0.25) is 5.91 Å². The van der Waals surface area contributed by atoms with E-state index in [2.05, 4.69) is 5.32 Å². The average molecular weight is 442 g/mol. The Hall–Kier alpha value is -2.90. The van der Waals surface area contributed by atoms with Gasteiger partial charge in [0.25, 0.3) is 0 Å². The molecule has 2 aliphatic heterocycles. The van der Waals surface area contributed by atoms with Crippen LogP contribution in [0.15, 0.2) is 54.8 Å². The predicted molar refractivity (Wildman–Crippen MR) is 120 cm³/mol. The summed E-state index contributed by atoms with van der Waals surface area (Å²) in [4.78, 5) is 24.7. The number of benzene rings is 1. The summed E-state index contributed by atoms with van der Waals surface area (Å²) >= 11 is 0. The van der Waals surface area contributed by atoms with Gasteiger partial charge in [0.15, 0.2) is 0 Å². The summed E-state index contributed by atoms with van der Waals surface area (Å²) < 4.78 is 11.9. The van der Waals surface area contributed by atoms with Gasteiger partial charge in [-0.05, 0) is 37.3 Å². The topological polar surface area (TPSA) is 105 Å². The molecule has 1 aromatic rings. The highest BCUT2D eigenvalue weighted by Gasteiger charge is 2.34. The van der Waals surface area contributed by atoms with E-state index in [4.69, 9.17) is 9.47 Å². The molecule has 0 radical (unpaired) electrons. The molecule has 7 nitrogen and oxygen atoms in total. The third-order valence-corrected chi connectivity index (χ3v) is 5.51. The van der Waals surface area contributed by atoms with Gasteiger partial charge in [-0.25, -0.2) is 4.79 Å². The molecule has 172 valence electrons. The van der Waals surface area contributed by atoms with Crippen LogP contribution < -0.4 is 5.32 Å². The van der Waals surface area contributed by atoms with Gasteiger partial charge < -0.3 is 25.0 Å². The first-order chi connectivity index (χ1) is 15.5. The van der Waals surface area contributed by atoms with Crippen LogP contribution in [0.2, 0.25) is 0 Å². The van der Waals surface area contributed by atoms with E-state index < -0.39 is 18.2 Å². The van der Waals surface area contributed by atoms with Crippen molar-refractivity contribution in [3.63, 3.8) is 0 Å². The number of cyclic esters (lactones) is 1. The number of fused-ring (bicyclic) bond motifs is 3. The Morgan fingerprint density at radius 3 is 2.81 bits per heavy atom. The number of carbonyl (C=O) groups excluding carboxylic acids is 2. The molecule has 32 heavy (non-hydrogen) atoms. The first-order valence-corrected chi connectivity index (χ1v) is 11.1. The molecule has 0 spiro atoms. The van der Waals surface area contributed by atoms with Crippen molar-refractivity contribution in [2.24, 2.45) is 0 Å². The Balaban J connectivity index is 1.70. The number of amides is 1. The number of esters is 1. The lowest BCUT2D eigenvalue weighted by atomic mass is 9.91. The van der Waals surface area contributed by atoms with Crippen LogP contribution in [0.4, 0.5) is 0 Å². The van der Waals surface area contributed by atoms with E-state index >= 15 is 0 Å². The highest BCUT2D eigenvalue weighted by atomic mass is 16.5. The van der Waals surface area contributed by atoms with E-state index in [1.807, 2.05) is 19.1 Å². The maximum atomic E-state index is 12.9. The van der Waals surface area contributed by atoms with Crippen molar-refractivity contribution in [1.29, 1.82) is 0 Å². The summed E-state index contributed by atoms with van der Waals surface area (Å²) in [5.41, 5.74) is 0.780. The van der Waals surface area contributed by atoms with Gasteiger partial charge in [-0.2, -0.15) is 0 Å². The van der Waals surface area contributed by atoms with Crippen molar-refractivity contribution in [3.05, 3.63) is 65.9 Å². The fourth-order valence-electron chi connectivity index (χ4n) is 4.07. The standard InChI is InChI=1S/C25H31NO6/c1-2-3-4-5-11-23(29)26-12-7-9-19-16-21-15-18(27)14-20(31-21)13-17-8-6-10-22(28)24(17)25(30)32-19/h3-8,10-12,18-21,27-28H,2,9,13-16H2,1H3,(H,26,29)/b4-3-,11-5-,12-7-/t18-,19+,20+,21-/m1/s1. The molecule has 3 rings (SSSR count). The average Bonchev–Trinajstić information content (AvgIpc) is 2.73. The van der Waals surface area contributed by atoms with E-state index in [9.17, 15) is 19.8 Å². The molecular weight excluding hydrogens is 410 g/mol. The highest BCUT2D eigenvalue weighted by Crippen LogP contribution is 2.32. The van der Waals surface area contributed by atoms with Gasteiger partial charge in [-0.3, -0.25) is 4.79 Å².